The molecule has 3 N–H and O–H groups in total. The van der Waals surface area contributed by atoms with Gasteiger partial charge in [-0.1, -0.05) is 87.5 Å². The van der Waals surface area contributed by atoms with E-state index in [1.54, 1.807) is 6.08 Å². The lowest BCUT2D eigenvalue weighted by atomic mass is 9.86. The third-order valence-corrected chi connectivity index (χ3v) is 6.00. The molecule has 8 nitrogen and oxygen atoms in total. The van der Waals surface area contributed by atoms with Crippen molar-refractivity contribution in [3.63, 3.8) is 0 Å². The topological polar surface area (TPSA) is 108 Å². The Morgan fingerprint density at radius 1 is 1.00 bits per heavy atom. The molecule has 37 heavy (non-hydrogen) atoms. The summed E-state index contributed by atoms with van der Waals surface area (Å²) in [6, 6.07) is 7.97. The first-order valence-corrected chi connectivity index (χ1v) is 14.1. The molecule has 0 aliphatic carbocycles. The molecular formula is C28H43IN4O4. The highest BCUT2D eigenvalue weighted by Crippen LogP contribution is 2.20. The average molecular weight is 627 g/mol. The molecule has 0 spiro atoms. The quantitative estimate of drug-likeness (QED) is 0.191. The Morgan fingerprint density at radius 2 is 1.59 bits per heavy atom. The van der Waals surface area contributed by atoms with Gasteiger partial charge in [-0.3, -0.25) is 14.4 Å². The molecule has 0 saturated carbocycles. The van der Waals surface area contributed by atoms with Crippen molar-refractivity contribution < 1.29 is 19.2 Å². The Bertz CT molecular complexity index is 963. The van der Waals surface area contributed by atoms with Crippen molar-refractivity contribution in [3.8, 4) is 0 Å². The highest BCUT2D eigenvalue weighted by molar-refractivity contribution is 14.1. The van der Waals surface area contributed by atoms with Crippen molar-refractivity contribution in [1.29, 1.82) is 0 Å². The first kappa shape index (κ1) is 32.6. The van der Waals surface area contributed by atoms with Gasteiger partial charge in [-0.15, -0.1) is 0 Å². The van der Waals surface area contributed by atoms with E-state index in [0.29, 0.717) is 12.5 Å². The predicted molar refractivity (Wildman–Crippen MR) is 157 cm³/mol. The van der Waals surface area contributed by atoms with Crippen molar-refractivity contribution in [3.05, 3.63) is 41.6 Å². The molecule has 0 heterocycles. The number of benzene rings is 1. The second-order valence-corrected chi connectivity index (χ2v) is 12.4. The van der Waals surface area contributed by atoms with E-state index >= 15 is 0 Å². The second-order valence-electron chi connectivity index (χ2n) is 11.7. The number of carbonyl (C=O) groups is 4. The van der Waals surface area contributed by atoms with Gasteiger partial charge in [0.15, 0.2) is 5.78 Å². The maximum atomic E-state index is 13.6. The van der Waals surface area contributed by atoms with Crippen LogP contribution in [0.3, 0.4) is 0 Å². The Labute approximate surface area is 235 Å². The summed E-state index contributed by atoms with van der Waals surface area (Å²) >= 11 is 1.94. The lowest BCUT2D eigenvalue weighted by Gasteiger charge is -2.31. The van der Waals surface area contributed by atoms with Gasteiger partial charge in [0, 0.05) is 12.1 Å². The summed E-state index contributed by atoms with van der Waals surface area (Å²) in [6.45, 7) is 15.5. The van der Waals surface area contributed by atoms with Crippen molar-refractivity contribution >= 4 is 52.3 Å². The molecule has 0 bridgehead atoms. The number of halogens is 1. The van der Waals surface area contributed by atoms with Gasteiger partial charge < -0.3 is 20.9 Å². The van der Waals surface area contributed by atoms with Crippen LogP contribution in [0.15, 0.2) is 36.0 Å². The molecule has 1 aromatic carbocycles. The number of alkyl halides is 1. The van der Waals surface area contributed by atoms with Crippen LogP contribution in [0.1, 0.15) is 67.4 Å². The molecule has 0 unspecified atom stereocenters. The number of Topliss-reactive ketones (excluding diaryl/α,β-unsaturated/α-hetero) is 1. The van der Waals surface area contributed by atoms with Crippen LogP contribution < -0.4 is 16.0 Å². The molecule has 0 fully saturated rings. The minimum atomic E-state index is -0.858. The lowest BCUT2D eigenvalue weighted by Crippen LogP contribution is -2.54. The van der Waals surface area contributed by atoms with Crippen molar-refractivity contribution in [2.45, 2.75) is 73.4 Å². The number of rotatable bonds is 11. The van der Waals surface area contributed by atoms with Gasteiger partial charge in [0.25, 0.3) is 0 Å². The molecular weight excluding hydrogens is 583 g/mol. The zero-order valence-corrected chi connectivity index (χ0v) is 25.6. The highest BCUT2D eigenvalue weighted by Gasteiger charge is 2.34. The SMILES string of the molecule is CC(C)CCN(CC(=O)/C(=C\c1ccccc1)NC(=O)[C@@H](NC(=O)CI)C(C)(C)C)C(=O)NC(C)(C)C. The first-order valence-electron chi connectivity index (χ1n) is 12.6. The fourth-order valence-corrected chi connectivity index (χ4v) is 3.53. The normalized spacial score (nSPS) is 13.1. The Hall–Kier alpha value is -2.43. The molecule has 0 aliphatic heterocycles. The van der Waals surface area contributed by atoms with E-state index in [4.69, 9.17) is 0 Å². The number of hydrogen-bond donors (Lipinski definition) is 3. The van der Waals surface area contributed by atoms with Crippen LogP contribution in [0.2, 0.25) is 0 Å². The molecule has 9 heteroatoms. The number of hydrogen-bond acceptors (Lipinski definition) is 4. The molecule has 1 atom stereocenters. The number of ketones is 1. The highest BCUT2D eigenvalue weighted by atomic mass is 127. The molecule has 0 saturated heterocycles. The molecule has 1 rings (SSSR count). The number of amides is 4. The molecule has 0 aliphatic rings. The average Bonchev–Trinajstić information content (AvgIpc) is 2.77. The van der Waals surface area contributed by atoms with Crippen molar-refractivity contribution in [2.75, 3.05) is 17.5 Å². The van der Waals surface area contributed by atoms with E-state index in [0.717, 1.165) is 12.0 Å². The maximum absolute atomic E-state index is 13.6. The van der Waals surface area contributed by atoms with Gasteiger partial charge in [-0.05, 0) is 50.2 Å². The van der Waals surface area contributed by atoms with E-state index in [1.165, 1.54) is 4.90 Å². The van der Waals surface area contributed by atoms with Crippen molar-refractivity contribution in [1.82, 2.24) is 20.9 Å². The molecule has 206 valence electrons. The zero-order valence-electron chi connectivity index (χ0n) is 23.4. The van der Waals surface area contributed by atoms with Gasteiger partial charge in [0.1, 0.15) is 6.04 Å². The van der Waals surface area contributed by atoms with E-state index < -0.39 is 28.7 Å². The van der Waals surface area contributed by atoms with E-state index in [2.05, 4.69) is 29.8 Å². The number of nitrogens with one attached hydrogen (secondary N) is 3. The zero-order chi connectivity index (χ0) is 28.4. The van der Waals surface area contributed by atoms with Crippen LogP contribution in [-0.2, 0) is 14.4 Å². The van der Waals surface area contributed by atoms with Gasteiger partial charge in [-0.2, -0.15) is 0 Å². The summed E-state index contributed by atoms with van der Waals surface area (Å²) < 4.78 is 0.205. The summed E-state index contributed by atoms with van der Waals surface area (Å²) in [5.74, 6) is -0.825. The second kappa shape index (κ2) is 14.5. The van der Waals surface area contributed by atoms with Crippen molar-refractivity contribution in [2.24, 2.45) is 11.3 Å². The standard InChI is InChI=1S/C28H43IN4O4/c1-19(2)14-15-33(26(37)32-28(6,7)8)18-22(34)21(16-20-12-10-9-11-13-20)30-25(36)24(27(3,4)5)31-23(35)17-29/h9-13,16,19,24H,14-15,17-18H2,1-8H3,(H,30,36)(H,31,35)(H,32,37)/b21-16+/t24-/m1/s1. The van der Waals surface area contributed by atoms with Gasteiger partial charge in [0.2, 0.25) is 11.8 Å². The van der Waals surface area contributed by atoms with Crippen LogP contribution >= 0.6 is 22.6 Å². The third kappa shape index (κ3) is 12.6. The smallest absolute Gasteiger partial charge is 0.318 e. The minimum absolute atomic E-state index is 0.0623. The van der Waals surface area contributed by atoms with Crippen LogP contribution in [-0.4, -0.2) is 57.6 Å². The minimum Gasteiger partial charge on any atom is -0.343 e. The monoisotopic (exact) mass is 626 g/mol. The van der Waals surface area contributed by atoms with Gasteiger partial charge in [0.05, 0.1) is 16.7 Å². The van der Waals surface area contributed by atoms with Crippen LogP contribution in [0.25, 0.3) is 6.08 Å². The Balaban J connectivity index is 3.32. The summed E-state index contributed by atoms with van der Waals surface area (Å²) in [5, 5.41) is 8.44. The van der Waals surface area contributed by atoms with Gasteiger partial charge in [-0.25, -0.2) is 4.79 Å². The first-order chi connectivity index (χ1) is 17.0. The molecule has 0 radical (unpaired) electrons. The predicted octanol–water partition coefficient (Wildman–Crippen LogP) is 4.53. The largest absolute Gasteiger partial charge is 0.343 e. The van der Waals surface area contributed by atoms with E-state index in [1.807, 2.05) is 94.5 Å². The molecule has 0 aromatic heterocycles. The molecule has 1 aromatic rings. The maximum Gasteiger partial charge on any atom is 0.318 e. The number of carbonyl (C=O) groups excluding carboxylic acids is 4. The summed E-state index contributed by atoms with van der Waals surface area (Å²) in [5.41, 5.74) is -0.276. The van der Waals surface area contributed by atoms with Crippen LogP contribution in [0.4, 0.5) is 4.79 Å². The van der Waals surface area contributed by atoms with Crippen LogP contribution in [0, 0.1) is 11.3 Å². The lowest BCUT2D eigenvalue weighted by molar-refractivity contribution is -0.130. The van der Waals surface area contributed by atoms with E-state index in [9.17, 15) is 19.2 Å². The number of urea groups is 1. The third-order valence-electron chi connectivity index (χ3n) is 5.30. The van der Waals surface area contributed by atoms with Gasteiger partial charge >= 0.3 is 6.03 Å². The summed E-state index contributed by atoms with van der Waals surface area (Å²) in [6.07, 6.45) is 2.33. The Kier molecular flexibility index (Phi) is 12.8. The van der Waals surface area contributed by atoms with E-state index in [-0.39, 0.29) is 28.6 Å². The fraction of sp³-hybridized carbons (Fsp3) is 0.571. The fourth-order valence-electron chi connectivity index (χ4n) is 3.31. The molecule has 4 amide bonds. The summed E-state index contributed by atoms with van der Waals surface area (Å²) in [4.78, 5) is 53.5. The Morgan fingerprint density at radius 3 is 2.08 bits per heavy atom. The summed E-state index contributed by atoms with van der Waals surface area (Å²) in [7, 11) is 0. The van der Waals surface area contributed by atoms with Crippen LogP contribution in [0.5, 0.6) is 0 Å². The number of nitrogens with zero attached hydrogens (tertiary/aromatic N) is 1.